The molecule has 0 bridgehead atoms. The lowest BCUT2D eigenvalue weighted by Gasteiger charge is -2.07. The molecule has 1 N–H and O–H groups in total. The predicted molar refractivity (Wildman–Crippen MR) is 80.5 cm³/mol. The molecule has 20 heavy (non-hydrogen) atoms. The van der Waals surface area contributed by atoms with Crippen molar-refractivity contribution >= 4 is 11.6 Å². The summed E-state index contributed by atoms with van der Waals surface area (Å²) >= 11 is 0. The van der Waals surface area contributed by atoms with Crippen LogP contribution in [0.25, 0.3) is 0 Å². The fourth-order valence-electron chi connectivity index (χ4n) is 1.90. The normalized spacial score (nSPS) is 10.2. The van der Waals surface area contributed by atoms with Gasteiger partial charge in [-0.25, -0.2) is 0 Å². The Kier molecular flexibility index (Phi) is 5.33. The van der Waals surface area contributed by atoms with Crippen LogP contribution in [0.2, 0.25) is 0 Å². The van der Waals surface area contributed by atoms with E-state index in [2.05, 4.69) is 12.2 Å². The molecule has 3 nitrogen and oxygen atoms in total. The Hall–Kier alpha value is -2.13. The lowest BCUT2D eigenvalue weighted by molar-refractivity contribution is -0.121. The van der Waals surface area contributed by atoms with Gasteiger partial charge >= 0.3 is 0 Å². The summed E-state index contributed by atoms with van der Waals surface area (Å²) < 4.78 is 5.40. The molecule has 0 saturated heterocycles. The molecule has 0 unspecified atom stereocenters. The maximum Gasteiger partial charge on any atom is 0.250 e. The summed E-state index contributed by atoms with van der Waals surface area (Å²) in [5.41, 5.74) is 3.08. The van der Waals surface area contributed by atoms with Crippen LogP contribution >= 0.6 is 0 Å². The first-order chi connectivity index (χ1) is 9.78. The molecule has 0 heterocycles. The van der Waals surface area contributed by atoms with Gasteiger partial charge in [0, 0.05) is 5.69 Å². The summed E-state index contributed by atoms with van der Waals surface area (Å²) in [5.74, 6) is -0.130. The van der Waals surface area contributed by atoms with Crippen LogP contribution < -0.4 is 5.32 Å². The molecule has 1 amide bonds. The van der Waals surface area contributed by atoms with E-state index in [0.717, 1.165) is 17.7 Å². The van der Waals surface area contributed by atoms with E-state index in [1.54, 1.807) is 0 Å². The highest BCUT2D eigenvalue weighted by molar-refractivity contribution is 5.91. The fraction of sp³-hybridized carbons (Fsp3) is 0.235. The van der Waals surface area contributed by atoms with Crippen molar-refractivity contribution in [1.29, 1.82) is 0 Å². The van der Waals surface area contributed by atoms with Crippen molar-refractivity contribution in [2.75, 3.05) is 11.9 Å². The van der Waals surface area contributed by atoms with E-state index >= 15 is 0 Å². The molecule has 2 aromatic carbocycles. The molecule has 2 aromatic rings. The Bertz CT molecular complexity index is 552. The second-order valence-corrected chi connectivity index (χ2v) is 4.58. The molecule has 0 aromatic heterocycles. The van der Waals surface area contributed by atoms with Gasteiger partial charge in [0.1, 0.15) is 6.61 Å². The van der Waals surface area contributed by atoms with E-state index in [4.69, 9.17) is 4.74 Å². The minimum absolute atomic E-state index is 0.0608. The number of aryl methyl sites for hydroxylation is 1. The van der Waals surface area contributed by atoms with Gasteiger partial charge in [0.15, 0.2) is 0 Å². The number of benzene rings is 2. The van der Waals surface area contributed by atoms with Crippen LogP contribution in [0.1, 0.15) is 18.1 Å². The van der Waals surface area contributed by atoms with Gasteiger partial charge < -0.3 is 10.1 Å². The Balaban J connectivity index is 1.77. The first kappa shape index (κ1) is 14.3. The van der Waals surface area contributed by atoms with Crippen LogP contribution in [0.4, 0.5) is 5.69 Å². The molecule has 0 spiro atoms. The third kappa shape index (κ3) is 4.52. The number of nitrogens with one attached hydrogen (secondary N) is 1. The van der Waals surface area contributed by atoms with Crippen molar-refractivity contribution < 1.29 is 9.53 Å². The van der Waals surface area contributed by atoms with E-state index in [9.17, 15) is 4.79 Å². The molecule has 0 aliphatic rings. The number of ether oxygens (including phenoxy) is 1. The van der Waals surface area contributed by atoms with E-state index in [1.807, 2.05) is 54.6 Å². The minimum Gasteiger partial charge on any atom is -0.367 e. The van der Waals surface area contributed by atoms with Crippen molar-refractivity contribution in [1.82, 2.24) is 0 Å². The van der Waals surface area contributed by atoms with Crippen molar-refractivity contribution in [3.8, 4) is 0 Å². The highest BCUT2D eigenvalue weighted by Gasteiger charge is 2.03. The molecule has 0 aliphatic carbocycles. The van der Waals surface area contributed by atoms with Gasteiger partial charge in [0.05, 0.1) is 6.61 Å². The van der Waals surface area contributed by atoms with Crippen molar-refractivity contribution in [3.63, 3.8) is 0 Å². The first-order valence-electron chi connectivity index (χ1n) is 6.78. The SMILES string of the molecule is CCc1cccc(NC(=O)COCc2ccccc2)c1. The number of carbonyl (C=O) groups is 1. The van der Waals surface area contributed by atoms with Gasteiger partial charge in [-0.15, -0.1) is 0 Å². The van der Waals surface area contributed by atoms with Gasteiger partial charge in [0.2, 0.25) is 5.91 Å². The topological polar surface area (TPSA) is 38.3 Å². The van der Waals surface area contributed by atoms with Crippen LogP contribution in [-0.4, -0.2) is 12.5 Å². The summed E-state index contributed by atoms with van der Waals surface area (Å²) in [6.07, 6.45) is 0.953. The monoisotopic (exact) mass is 269 g/mol. The second-order valence-electron chi connectivity index (χ2n) is 4.58. The van der Waals surface area contributed by atoms with Gasteiger partial charge in [0.25, 0.3) is 0 Å². The number of rotatable bonds is 6. The van der Waals surface area contributed by atoms with E-state index in [0.29, 0.717) is 6.61 Å². The maximum absolute atomic E-state index is 11.8. The molecular formula is C17H19NO2. The van der Waals surface area contributed by atoms with E-state index < -0.39 is 0 Å². The molecular weight excluding hydrogens is 250 g/mol. The highest BCUT2D eigenvalue weighted by atomic mass is 16.5. The Morgan fingerprint density at radius 3 is 2.55 bits per heavy atom. The number of hydrogen-bond donors (Lipinski definition) is 1. The minimum atomic E-state index is -0.130. The van der Waals surface area contributed by atoms with Gasteiger partial charge in [-0.1, -0.05) is 49.4 Å². The van der Waals surface area contributed by atoms with Gasteiger partial charge in [-0.3, -0.25) is 4.79 Å². The predicted octanol–water partition coefficient (Wildman–Crippen LogP) is 3.40. The van der Waals surface area contributed by atoms with Crippen LogP contribution in [-0.2, 0) is 22.6 Å². The summed E-state index contributed by atoms with van der Waals surface area (Å²) in [5, 5.41) is 2.84. The zero-order valence-electron chi connectivity index (χ0n) is 11.6. The zero-order valence-corrected chi connectivity index (χ0v) is 11.6. The standard InChI is InChI=1S/C17H19NO2/c1-2-14-9-6-10-16(11-14)18-17(19)13-20-12-15-7-4-3-5-8-15/h3-11H,2,12-13H2,1H3,(H,18,19). The van der Waals surface area contributed by atoms with Crippen molar-refractivity contribution in [2.24, 2.45) is 0 Å². The Morgan fingerprint density at radius 1 is 1.05 bits per heavy atom. The van der Waals surface area contributed by atoms with Crippen molar-refractivity contribution in [3.05, 3.63) is 65.7 Å². The fourth-order valence-corrected chi connectivity index (χ4v) is 1.90. The summed E-state index contributed by atoms with van der Waals surface area (Å²) in [7, 11) is 0. The molecule has 104 valence electrons. The Labute approximate surface area is 119 Å². The third-order valence-corrected chi connectivity index (χ3v) is 2.96. The average Bonchev–Trinajstić information content (AvgIpc) is 2.48. The molecule has 0 fully saturated rings. The van der Waals surface area contributed by atoms with E-state index in [-0.39, 0.29) is 12.5 Å². The van der Waals surface area contributed by atoms with Crippen LogP contribution in [0.15, 0.2) is 54.6 Å². The van der Waals surface area contributed by atoms with Gasteiger partial charge in [-0.05, 0) is 29.7 Å². The lowest BCUT2D eigenvalue weighted by atomic mass is 10.1. The van der Waals surface area contributed by atoms with Crippen molar-refractivity contribution in [2.45, 2.75) is 20.0 Å². The second kappa shape index (κ2) is 7.46. The first-order valence-corrected chi connectivity index (χ1v) is 6.78. The maximum atomic E-state index is 11.8. The van der Waals surface area contributed by atoms with Crippen LogP contribution in [0.5, 0.6) is 0 Å². The average molecular weight is 269 g/mol. The molecule has 0 radical (unpaired) electrons. The smallest absolute Gasteiger partial charge is 0.250 e. The van der Waals surface area contributed by atoms with E-state index in [1.165, 1.54) is 5.56 Å². The zero-order chi connectivity index (χ0) is 14.2. The molecule has 3 heteroatoms. The van der Waals surface area contributed by atoms with Gasteiger partial charge in [-0.2, -0.15) is 0 Å². The number of hydrogen-bond acceptors (Lipinski definition) is 2. The summed E-state index contributed by atoms with van der Waals surface area (Å²) in [4.78, 5) is 11.8. The lowest BCUT2D eigenvalue weighted by Crippen LogP contribution is -2.18. The molecule has 0 atom stereocenters. The quantitative estimate of drug-likeness (QED) is 0.872. The molecule has 0 aliphatic heterocycles. The van der Waals surface area contributed by atoms with Crippen LogP contribution in [0.3, 0.4) is 0 Å². The number of amides is 1. The van der Waals surface area contributed by atoms with Crippen LogP contribution in [0, 0.1) is 0 Å². The molecule has 2 rings (SSSR count). The summed E-state index contributed by atoms with van der Waals surface area (Å²) in [6, 6.07) is 17.7. The molecule has 0 saturated carbocycles. The number of carbonyl (C=O) groups excluding carboxylic acids is 1. The largest absolute Gasteiger partial charge is 0.367 e. The number of anilines is 1. The third-order valence-electron chi connectivity index (χ3n) is 2.96. The Morgan fingerprint density at radius 2 is 1.80 bits per heavy atom. The summed E-state index contributed by atoms with van der Waals surface area (Å²) in [6.45, 7) is 2.60. The highest BCUT2D eigenvalue weighted by Crippen LogP contribution is 2.11.